The monoisotopic (exact) mass is 410 g/mol. The average molecular weight is 411 g/mol. The lowest BCUT2D eigenvalue weighted by Crippen LogP contribution is -2.29. The normalized spacial score (nSPS) is 12.7. The Hall–Kier alpha value is -0.440. The minimum atomic E-state index is -0.313. The molecule has 0 aliphatic carbocycles. The molecule has 6 heteroatoms. The summed E-state index contributed by atoms with van der Waals surface area (Å²) in [6, 6.07) is 6.02. The van der Waals surface area contributed by atoms with Gasteiger partial charge in [0.1, 0.15) is 17.6 Å². The fourth-order valence-electron chi connectivity index (χ4n) is 1.55. The average Bonchev–Trinajstić information content (AvgIpc) is 2.69. The molecule has 3 nitrogen and oxygen atoms in total. The van der Waals surface area contributed by atoms with E-state index >= 15 is 0 Å². The summed E-state index contributed by atoms with van der Waals surface area (Å²) in [4.78, 5) is 0. The van der Waals surface area contributed by atoms with Crippen molar-refractivity contribution < 1.29 is 8.81 Å². The van der Waals surface area contributed by atoms with Gasteiger partial charge in [0.2, 0.25) is 0 Å². The van der Waals surface area contributed by atoms with Crippen LogP contribution in [0.5, 0.6) is 0 Å². The number of hydrogen-bond acceptors (Lipinski definition) is 3. The fraction of sp³-hybridized carbons (Fsp3) is 0.0909. The molecule has 0 saturated heterocycles. The molecule has 0 spiro atoms. The van der Waals surface area contributed by atoms with Crippen LogP contribution in [0.4, 0.5) is 4.39 Å². The standard InChI is InChI=1S/C11H9BrFIN2O/c12-8-3-4-17-11(8)10(16-15)7-2-1-6(13)5-9(7)14/h1-5,10,16H,15H2. The third kappa shape index (κ3) is 2.70. The summed E-state index contributed by atoms with van der Waals surface area (Å²) >= 11 is 5.45. The molecule has 0 fully saturated rings. The van der Waals surface area contributed by atoms with E-state index in [0.717, 1.165) is 13.6 Å². The van der Waals surface area contributed by atoms with Crippen molar-refractivity contribution in [1.82, 2.24) is 5.43 Å². The van der Waals surface area contributed by atoms with Crippen LogP contribution in [0, 0.1) is 9.39 Å². The summed E-state index contributed by atoms with van der Waals surface area (Å²) in [5.74, 6) is 5.94. The van der Waals surface area contributed by atoms with Crippen molar-refractivity contribution in [2.75, 3.05) is 0 Å². The zero-order valence-electron chi connectivity index (χ0n) is 8.58. The first-order chi connectivity index (χ1) is 8.13. The van der Waals surface area contributed by atoms with Crippen molar-refractivity contribution in [1.29, 1.82) is 0 Å². The van der Waals surface area contributed by atoms with Crippen molar-refractivity contribution in [2.45, 2.75) is 6.04 Å². The number of hydrogen-bond donors (Lipinski definition) is 2. The lowest BCUT2D eigenvalue weighted by atomic mass is 10.1. The second kappa shape index (κ2) is 5.47. The number of nitrogens with two attached hydrogens (primary N) is 1. The van der Waals surface area contributed by atoms with Crippen LogP contribution < -0.4 is 11.3 Å². The highest BCUT2D eigenvalue weighted by atomic mass is 127. The molecule has 0 saturated carbocycles. The summed E-state index contributed by atoms with van der Waals surface area (Å²) in [6.07, 6.45) is 1.57. The highest BCUT2D eigenvalue weighted by molar-refractivity contribution is 14.1. The van der Waals surface area contributed by atoms with E-state index in [0.29, 0.717) is 5.76 Å². The van der Waals surface area contributed by atoms with E-state index in [-0.39, 0.29) is 11.9 Å². The first-order valence-electron chi connectivity index (χ1n) is 4.77. The van der Waals surface area contributed by atoms with Crippen molar-refractivity contribution >= 4 is 38.5 Å². The molecule has 0 amide bonds. The van der Waals surface area contributed by atoms with Crippen LogP contribution in [-0.4, -0.2) is 0 Å². The van der Waals surface area contributed by atoms with Crippen molar-refractivity contribution in [3.63, 3.8) is 0 Å². The molecule has 0 radical (unpaired) electrons. The first kappa shape index (κ1) is 13.0. The highest BCUT2D eigenvalue weighted by Crippen LogP contribution is 2.31. The number of halogens is 3. The molecule has 1 aromatic heterocycles. The van der Waals surface area contributed by atoms with Gasteiger partial charge in [-0.1, -0.05) is 6.07 Å². The Morgan fingerprint density at radius 2 is 2.18 bits per heavy atom. The summed E-state index contributed by atoms with van der Waals surface area (Å²) in [5, 5.41) is 0. The molecule has 2 aromatic rings. The third-order valence-electron chi connectivity index (χ3n) is 2.35. The van der Waals surface area contributed by atoms with Gasteiger partial charge in [-0.2, -0.15) is 0 Å². The number of hydrazine groups is 1. The molecule has 17 heavy (non-hydrogen) atoms. The number of furan rings is 1. The lowest BCUT2D eigenvalue weighted by molar-refractivity contribution is 0.448. The van der Waals surface area contributed by atoms with Crippen LogP contribution in [0.3, 0.4) is 0 Å². The molecular weight excluding hydrogens is 402 g/mol. The minimum Gasteiger partial charge on any atom is -0.466 e. The van der Waals surface area contributed by atoms with Crippen LogP contribution in [-0.2, 0) is 0 Å². The molecule has 3 N–H and O–H groups in total. The van der Waals surface area contributed by atoms with Crippen LogP contribution in [0.25, 0.3) is 0 Å². The zero-order chi connectivity index (χ0) is 12.4. The number of nitrogens with one attached hydrogen (secondary N) is 1. The quantitative estimate of drug-likeness (QED) is 0.463. The van der Waals surface area contributed by atoms with E-state index in [4.69, 9.17) is 10.3 Å². The van der Waals surface area contributed by atoms with Crippen molar-refractivity contribution in [3.05, 3.63) is 55.7 Å². The Balaban J connectivity index is 2.46. The maximum atomic E-state index is 13.0. The summed E-state index contributed by atoms with van der Waals surface area (Å²) in [6.45, 7) is 0. The Kier molecular flexibility index (Phi) is 4.18. The molecular formula is C11H9BrFIN2O. The van der Waals surface area contributed by atoms with E-state index in [1.807, 2.05) is 0 Å². The Labute approximate surface area is 120 Å². The van der Waals surface area contributed by atoms with Gasteiger partial charge in [0.15, 0.2) is 0 Å². The summed E-state index contributed by atoms with van der Waals surface area (Å²) < 4.78 is 20.0. The van der Waals surface area contributed by atoms with Gasteiger partial charge in [-0.25, -0.2) is 9.82 Å². The van der Waals surface area contributed by atoms with Crippen LogP contribution in [0.2, 0.25) is 0 Å². The summed E-state index contributed by atoms with van der Waals surface area (Å²) in [7, 11) is 0. The number of benzene rings is 1. The van der Waals surface area contributed by atoms with Crippen molar-refractivity contribution in [2.24, 2.45) is 5.84 Å². The second-order valence-corrected chi connectivity index (χ2v) is 5.41. The van der Waals surface area contributed by atoms with E-state index in [9.17, 15) is 4.39 Å². The maximum Gasteiger partial charge on any atom is 0.140 e. The smallest absolute Gasteiger partial charge is 0.140 e. The molecule has 1 unspecified atom stereocenters. The van der Waals surface area contributed by atoms with Gasteiger partial charge in [0.05, 0.1) is 10.7 Å². The summed E-state index contributed by atoms with van der Waals surface area (Å²) in [5.41, 5.74) is 3.54. The van der Waals surface area contributed by atoms with Crippen LogP contribution >= 0.6 is 38.5 Å². The van der Waals surface area contributed by atoms with Gasteiger partial charge < -0.3 is 4.42 Å². The van der Waals surface area contributed by atoms with Gasteiger partial charge >= 0.3 is 0 Å². The van der Waals surface area contributed by atoms with Gasteiger partial charge in [0, 0.05) is 3.57 Å². The molecule has 1 atom stereocenters. The first-order valence-corrected chi connectivity index (χ1v) is 6.64. The molecule has 0 aliphatic heterocycles. The predicted octanol–water partition coefficient (Wildman–Crippen LogP) is 3.34. The molecule has 0 bridgehead atoms. The van der Waals surface area contributed by atoms with Gasteiger partial charge in [-0.15, -0.1) is 0 Å². The highest BCUT2D eigenvalue weighted by Gasteiger charge is 2.21. The second-order valence-electron chi connectivity index (χ2n) is 3.40. The molecule has 90 valence electrons. The molecule has 1 aromatic carbocycles. The van der Waals surface area contributed by atoms with E-state index < -0.39 is 0 Å². The van der Waals surface area contributed by atoms with Crippen molar-refractivity contribution in [3.8, 4) is 0 Å². The fourth-order valence-corrected chi connectivity index (χ4v) is 2.77. The molecule has 1 heterocycles. The topological polar surface area (TPSA) is 51.2 Å². The molecule has 0 aliphatic rings. The Morgan fingerprint density at radius 3 is 2.71 bits per heavy atom. The van der Waals surface area contributed by atoms with Gasteiger partial charge in [0.25, 0.3) is 0 Å². The predicted molar refractivity (Wildman–Crippen MR) is 74.7 cm³/mol. The lowest BCUT2D eigenvalue weighted by Gasteiger charge is -2.16. The number of rotatable bonds is 3. The largest absolute Gasteiger partial charge is 0.466 e. The Morgan fingerprint density at radius 1 is 1.41 bits per heavy atom. The maximum absolute atomic E-state index is 13.0. The third-order valence-corrected chi connectivity index (χ3v) is 3.94. The van der Waals surface area contributed by atoms with E-state index in [1.54, 1.807) is 18.4 Å². The van der Waals surface area contributed by atoms with Gasteiger partial charge in [-0.05, 0) is 62.3 Å². The molecule has 2 rings (SSSR count). The Bertz CT molecular complexity index is 532. The van der Waals surface area contributed by atoms with Crippen LogP contribution in [0.1, 0.15) is 17.4 Å². The van der Waals surface area contributed by atoms with E-state index in [2.05, 4.69) is 43.9 Å². The minimum absolute atomic E-state index is 0.271. The van der Waals surface area contributed by atoms with E-state index in [1.165, 1.54) is 12.1 Å². The van der Waals surface area contributed by atoms with Crippen LogP contribution in [0.15, 0.2) is 39.4 Å². The zero-order valence-corrected chi connectivity index (χ0v) is 12.3. The van der Waals surface area contributed by atoms with Gasteiger partial charge in [-0.3, -0.25) is 5.84 Å². The SMILES string of the molecule is NNC(c1ccc(F)cc1I)c1occc1Br.